The van der Waals surface area contributed by atoms with Crippen LogP contribution < -0.4 is 10.6 Å². The van der Waals surface area contributed by atoms with E-state index in [2.05, 4.69) is 25.6 Å². The van der Waals surface area contributed by atoms with E-state index in [1.54, 1.807) is 6.20 Å². The molecule has 26 heavy (non-hydrogen) atoms. The Labute approximate surface area is 151 Å². The monoisotopic (exact) mass is 353 g/mol. The summed E-state index contributed by atoms with van der Waals surface area (Å²) in [4.78, 5) is 11.8. The molecule has 7 heteroatoms. The number of fused-ring (bicyclic) bond motifs is 1. The van der Waals surface area contributed by atoms with Crippen LogP contribution in [0.1, 0.15) is 31.2 Å². The van der Waals surface area contributed by atoms with E-state index in [9.17, 15) is 10.2 Å². The highest BCUT2D eigenvalue weighted by Crippen LogP contribution is 2.32. The van der Waals surface area contributed by atoms with Gasteiger partial charge in [0, 0.05) is 11.9 Å². The number of hydrogen-bond donors (Lipinski definition) is 5. The van der Waals surface area contributed by atoms with Gasteiger partial charge in [-0.3, -0.25) is 0 Å². The Morgan fingerprint density at radius 1 is 1.19 bits per heavy atom. The molecule has 2 atom stereocenters. The number of nitrogens with zero attached hydrogens (tertiary/aromatic N) is 2. The Morgan fingerprint density at radius 2 is 2.04 bits per heavy atom. The van der Waals surface area contributed by atoms with Crippen LogP contribution in [0.3, 0.4) is 0 Å². The summed E-state index contributed by atoms with van der Waals surface area (Å²) in [6.07, 6.45) is 5.06. The Bertz CT molecular complexity index is 923. The molecule has 1 fully saturated rings. The van der Waals surface area contributed by atoms with Gasteiger partial charge in [-0.25, -0.2) is 4.98 Å². The van der Waals surface area contributed by atoms with Crippen LogP contribution in [0.2, 0.25) is 0 Å². The van der Waals surface area contributed by atoms with E-state index in [4.69, 9.17) is 0 Å². The minimum absolute atomic E-state index is 0.0272. The van der Waals surface area contributed by atoms with Crippen molar-refractivity contribution in [2.24, 2.45) is 0 Å². The highest BCUT2D eigenvalue weighted by Gasteiger charge is 2.24. The fraction of sp³-hybridized carbons (Fsp3) is 0.368. The third-order valence-electron chi connectivity index (χ3n) is 4.84. The lowest BCUT2D eigenvalue weighted by atomic mass is 9.93. The summed E-state index contributed by atoms with van der Waals surface area (Å²) in [6.45, 7) is 2.02. The average molecular weight is 353 g/mol. The third-order valence-corrected chi connectivity index (χ3v) is 4.84. The molecule has 0 spiro atoms. The molecule has 0 bridgehead atoms. The summed E-state index contributed by atoms with van der Waals surface area (Å²) < 4.78 is 0. The number of hydrogen-bond acceptors (Lipinski definition) is 6. The molecule has 1 aromatic carbocycles. The van der Waals surface area contributed by atoms with E-state index in [1.165, 1.54) is 0 Å². The van der Waals surface area contributed by atoms with Crippen LogP contribution in [0.5, 0.6) is 5.88 Å². The van der Waals surface area contributed by atoms with Gasteiger partial charge in [0.1, 0.15) is 11.2 Å². The second kappa shape index (κ2) is 6.84. The molecule has 0 unspecified atom stereocenters. The maximum absolute atomic E-state index is 10.2. The standard InChI is InChI=1S/C19H23N5O2/c1-11-5-4-6-12(9-11)21-17-16-14(10-20-18(16)26)23-19(24-17)22-13-7-2-3-8-15(13)25/h4-6,9-10,13,15,20,25-26H,2-3,7-8H2,1H3,(H2,21,22,23,24)/t13-,15+/m1/s1. The highest BCUT2D eigenvalue weighted by molar-refractivity contribution is 5.96. The average Bonchev–Trinajstić information content (AvgIpc) is 2.98. The molecule has 0 saturated heterocycles. The van der Waals surface area contributed by atoms with Crippen molar-refractivity contribution in [3.8, 4) is 5.88 Å². The van der Waals surface area contributed by atoms with Gasteiger partial charge in [0.25, 0.3) is 0 Å². The largest absolute Gasteiger partial charge is 0.494 e. The van der Waals surface area contributed by atoms with E-state index in [-0.39, 0.29) is 11.9 Å². The fourth-order valence-electron chi connectivity index (χ4n) is 3.48. The molecule has 1 saturated carbocycles. The zero-order chi connectivity index (χ0) is 18.1. The smallest absolute Gasteiger partial charge is 0.225 e. The van der Waals surface area contributed by atoms with Crippen LogP contribution in [-0.2, 0) is 0 Å². The van der Waals surface area contributed by atoms with Gasteiger partial charge in [-0.1, -0.05) is 25.0 Å². The molecule has 7 nitrogen and oxygen atoms in total. The first kappa shape index (κ1) is 16.7. The molecular formula is C19H23N5O2. The molecule has 136 valence electrons. The molecule has 0 radical (unpaired) electrons. The number of rotatable bonds is 4. The number of anilines is 3. The lowest BCUT2D eigenvalue weighted by molar-refractivity contribution is 0.116. The van der Waals surface area contributed by atoms with E-state index < -0.39 is 6.10 Å². The van der Waals surface area contributed by atoms with Crippen LogP contribution in [-0.4, -0.2) is 37.3 Å². The fourth-order valence-corrected chi connectivity index (χ4v) is 3.48. The molecule has 2 heterocycles. The number of nitrogens with one attached hydrogen (secondary N) is 3. The van der Waals surface area contributed by atoms with E-state index in [1.807, 2.05) is 31.2 Å². The number of aliphatic hydroxyl groups is 1. The van der Waals surface area contributed by atoms with Gasteiger partial charge >= 0.3 is 0 Å². The van der Waals surface area contributed by atoms with Gasteiger partial charge in [-0.05, 0) is 37.5 Å². The quantitative estimate of drug-likeness (QED) is 0.492. The van der Waals surface area contributed by atoms with Crippen LogP contribution in [0.15, 0.2) is 30.5 Å². The zero-order valence-corrected chi connectivity index (χ0v) is 14.7. The predicted molar refractivity (Wildman–Crippen MR) is 102 cm³/mol. The maximum Gasteiger partial charge on any atom is 0.225 e. The van der Waals surface area contributed by atoms with Crippen molar-refractivity contribution in [2.75, 3.05) is 10.6 Å². The van der Waals surface area contributed by atoms with Gasteiger partial charge < -0.3 is 25.8 Å². The summed E-state index contributed by atoms with van der Waals surface area (Å²) in [5.41, 5.74) is 2.62. The number of aliphatic hydroxyl groups excluding tert-OH is 1. The second-order valence-electron chi connectivity index (χ2n) is 6.89. The number of aromatic hydroxyl groups is 1. The highest BCUT2D eigenvalue weighted by atomic mass is 16.3. The molecule has 4 rings (SSSR count). The van der Waals surface area contributed by atoms with Crippen molar-refractivity contribution in [3.05, 3.63) is 36.0 Å². The zero-order valence-electron chi connectivity index (χ0n) is 14.7. The first-order chi connectivity index (χ1) is 12.6. The van der Waals surface area contributed by atoms with Crippen molar-refractivity contribution in [3.63, 3.8) is 0 Å². The molecular weight excluding hydrogens is 330 g/mol. The van der Waals surface area contributed by atoms with E-state index >= 15 is 0 Å². The lowest BCUT2D eigenvalue weighted by Gasteiger charge is -2.28. The van der Waals surface area contributed by atoms with Gasteiger partial charge in [0.2, 0.25) is 11.8 Å². The normalized spacial score (nSPS) is 20.2. The minimum atomic E-state index is -0.393. The van der Waals surface area contributed by atoms with Crippen molar-refractivity contribution < 1.29 is 10.2 Å². The van der Waals surface area contributed by atoms with Crippen LogP contribution in [0, 0.1) is 6.92 Å². The maximum atomic E-state index is 10.2. The Kier molecular flexibility index (Phi) is 4.38. The SMILES string of the molecule is Cc1cccc(Nc2nc(N[C@@H]3CCCC[C@@H]3O)nc3c[nH]c(O)c23)c1. The summed E-state index contributed by atoms with van der Waals surface area (Å²) in [5.74, 6) is 0.990. The Hall–Kier alpha value is -2.80. The molecule has 0 aliphatic heterocycles. The molecule has 0 amide bonds. The molecule has 1 aliphatic rings. The van der Waals surface area contributed by atoms with E-state index in [0.717, 1.165) is 36.9 Å². The second-order valence-corrected chi connectivity index (χ2v) is 6.89. The van der Waals surface area contributed by atoms with Gasteiger partial charge in [0.15, 0.2) is 0 Å². The minimum Gasteiger partial charge on any atom is -0.494 e. The summed E-state index contributed by atoms with van der Waals surface area (Å²) in [7, 11) is 0. The molecule has 1 aliphatic carbocycles. The number of benzene rings is 1. The number of aromatic nitrogens is 3. The number of H-pyrrole nitrogens is 1. The van der Waals surface area contributed by atoms with Crippen molar-refractivity contribution in [1.82, 2.24) is 15.0 Å². The topological polar surface area (TPSA) is 106 Å². The molecule has 2 aromatic heterocycles. The third kappa shape index (κ3) is 3.30. The predicted octanol–water partition coefficient (Wildman–Crippen LogP) is 3.43. The van der Waals surface area contributed by atoms with Gasteiger partial charge in [0.05, 0.1) is 17.7 Å². The van der Waals surface area contributed by atoms with Gasteiger partial charge in [-0.15, -0.1) is 0 Å². The number of aryl methyl sites for hydroxylation is 1. The first-order valence-corrected chi connectivity index (χ1v) is 8.96. The summed E-state index contributed by atoms with van der Waals surface area (Å²) in [5, 5.41) is 27.4. The van der Waals surface area contributed by atoms with Crippen molar-refractivity contribution >= 4 is 28.4 Å². The molecule has 5 N–H and O–H groups in total. The van der Waals surface area contributed by atoms with Crippen LogP contribution >= 0.6 is 0 Å². The Balaban J connectivity index is 1.69. The van der Waals surface area contributed by atoms with Crippen LogP contribution in [0.25, 0.3) is 10.9 Å². The van der Waals surface area contributed by atoms with E-state index in [0.29, 0.717) is 22.7 Å². The van der Waals surface area contributed by atoms with Crippen LogP contribution in [0.4, 0.5) is 17.5 Å². The van der Waals surface area contributed by atoms with Crippen molar-refractivity contribution in [2.45, 2.75) is 44.8 Å². The first-order valence-electron chi connectivity index (χ1n) is 8.96. The number of aromatic amines is 1. The summed E-state index contributed by atoms with van der Waals surface area (Å²) >= 11 is 0. The van der Waals surface area contributed by atoms with Crippen molar-refractivity contribution in [1.29, 1.82) is 0 Å². The Morgan fingerprint density at radius 3 is 2.85 bits per heavy atom. The molecule has 3 aromatic rings. The lowest BCUT2D eigenvalue weighted by Crippen LogP contribution is -2.36. The van der Waals surface area contributed by atoms with Gasteiger partial charge in [-0.2, -0.15) is 4.98 Å². The summed E-state index contributed by atoms with van der Waals surface area (Å²) in [6, 6.07) is 7.88.